The minimum absolute atomic E-state index is 0.262. The molecule has 1 atom stereocenters. The van der Waals surface area contributed by atoms with Gasteiger partial charge in [-0.1, -0.05) is 0 Å². The minimum Gasteiger partial charge on any atom is -0.467 e. The van der Waals surface area contributed by atoms with Gasteiger partial charge in [0.25, 0.3) is 11.8 Å². The van der Waals surface area contributed by atoms with Crippen LogP contribution in [0.15, 0.2) is 34.9 Å². The molecule has 6 nitrogen and oxygen atoms in total. The van der Waals surface area contributed by atoms with E-state index in [0.29, 0.717) is 10.6 Å². The van der Waals surface area contributed by atoms with Crippen LogP contribution in [-0.4, -0.2) is 17.0 Å². The number of hydrogen-bond acceptors (Lipinski definition) is 5. The van der Waals surface area contributed by atoms with Crippen molar-refractivity contribution in [3.8, 4) is 0 Å². The number of rotatable bonds is 4. The van der Waals surface area contributed by atoms with Gasteiger partial charge < -0.3 is 9.73 Å². The average Bonchev–Trinajstić information content (AvgIpc) is 3.08. The number of furan rings is 1. The molecular weight excluding hydrogens is 268 g/mol. The number of hydroxylamine groups is 1. The fourth-order valence-corrected chi connectivity index (χ4v) is 2.31. The highest BCUT2D eigenvalue weighted by atomic mass is 32.1. The van der Waals surface area contributed by atoms with E-state index in [-0.39, 0.29) is 16.8 Å². The van der Waals surface area contributed by atoms with E-state index < -0.39 is 5.91 Å². The first-order valence-electron chi connectivity index (χ1n) is 5.50. The number of thiophene rings is 1. The lowest BCUT2D eigenvalue weighted by Crippen LogP contribution is -2.25. The Balaban J connectivity index is 2.04. The smallest absolute Gasteiger partial charge is 0.284 e. The van der Waals surface area contributed by atoms with Crippen molar-refractivity contribution in [1.29, 1.82) is 0 Å². The summed E-state index contributed by atoms with van der Waals surface area (Å²) in [5.41, 5.74) is 1.52. The van der Waals surface area contributed by atoms with E-state index in [4.69, 9.17) is 9.62 Å². The number of amides is 2. The molecule has 2 aromatic heterocycles. The number of hydrogen-bond donors (Lipinski definition) is 3. The molecule has 0 unspecified atom stereocenters. The summed E-state index contributed by atoms with van der Waals surface area (Å²) in [5.74, 6) is -0.285. The van der Waals surface area contributed by atoms with Gasteiger partial charge in [-0.05, 0) is 31.2 Å². The highest BCUT2D eigenvalue weighted by molar-refractivity contribution is 7.15. The van der Waals surface area contributed by atoms with E-state index in [1.807, 2.05) is 0 Å². The van der Waals surface area contributed by atoms with Crippen molar-refractivity contribution in [2.24, 2.45) is 0 Å². The molecule has 0 saturated carbocycles. The molecule has 0 saturated heterocycles. The molecule has 7 heteroatoms. The lowest BCUT2D eigenvalue weighted by Gasteiger charge is -2.09. The maximum Gasteiger partial charge on any atom is 0.284 e. The SMILES string of the molecule is C[C@@H](NC(=O)c1ccc(C(=O)NO)s1)c1ccco1. The van der Waals surface area contributed by atoms with Gasteiger partial charge in [-0.2, -0.15) is 0 Å². The Bertz CT molecular complexity index is 576. The Morgan fingerprint density at radius 3 is 2.53 bits per heavy atom. The molecule has 2 rings (SSSR count). The summed E-state index contributed by atoms with van der Waals surface area (Å²) in [6.45, 7) is 1.80. The summed E-state index contributed by atoms with van der Waals surface area (Å²) in [6, 6.07) is 6.25. The zero-order valence-electron chi connectivity index (χ0n) is 10.0. The molecule has 2 aromatic rings. The normalized spacial score (nSPS) is 11.9. The number of nitrogens with one attached hydrogen (secondary N) is 2. The van der Waals surface area contributed by atoms with E-state index in [9.17, 15) is 9.59 Å². The summed E-state index contributed by atoms with van der Waals surface area (Å²) in [5, 5.41) is 11.3. The predicted molar refractivity (Wildman–Crippen MR) is 68.2 cm³/mol. The van der Waals surface area contributed by atoms with Gasteiger partial charge in [0.15, 0.2) is 0 Å². The summed E-state index contributed by atoms with van der Waals surface area (Å²) in [4.78, 5) is 23.7. The van der Waals surface area contributed by atoms with E-state index in [0.717, 1.165) is 11.3 Å². The molecular formula is C12H12N2O4S. The molecule has 3 N–H and O–H groups in total. The molecule has 0 aromatic carbocycles. The topological polar surface area (TPSA) is 91.6 Å². The fourth-order valence-electron chi connectivity index (χ4n) is 1.51. The molecule has 2 heterocycles. The highest BCUT2D eigenvalue weighted by Gasteiger charge is 2.16. The second kappa shape index (κ2) is 5.68. The van der Waals surface area contributed by atoms with E-state index in [2.05, 4.69) is 5.32 Å². The third-order valence-corrected chi connectivity index (χ3v) is 3.56. The van der Waals surface area contributed by atoms with Crippen LogP contribution in [0, 0.1) is 0 Å². The van der Waals surface area contributed by atoms with Crippen molar-refractivity contribution in [2.75, 3.05) is 0 Å². The highest BCUT2D eigenvalue weighted by Crippen LogP contribution is 2.18. The van der Waals surface area contributed by atoms with Crippen molar-refractivity contribution < 1.29 is 19.2 Å². The maximum absolute atomic E-state index is 11.9. The van der Waals surface area contributed by atoms with Crippen LogP contribution in [0.25, 0.3) is 0 Å². The van der Waals surface area contributed by atoms with Crippen LogP contribution < -0.4 is 10.8 Å². The van der Waals surface area contributed by atoms with Crippen LogP contribution in [0.3, 0.4) is 0 Å². The Kier molecular flexibility index (Phi) is 3.98. The molecule has 0 fully saturated rings. The monoisotopic (exact) mass is 280 g/mol. The average molecular weight is 280 g/mol. The van der Waals surface area contributed by atoms with Gasteiger partial charge >= 0.3 is 0 Å². The second-order valence-corrected chi connectivity index (χ2v) is 4.90. The van der Waals surface area contributed by atoms with E-state index in [1.165, 1.54) is 23.9 Å². The zero-order chi connectivity index (χ0) is 13.8. The fraction of sp³-hybridized carbons (Fsp3) is 0.167. The van der Waals surface area contributed by atoms with Gasteiger partial charge in [0.2, 0.25) is 0 Å². The van der Waals surface area contributed by atoms with Crippen molar-refractivity contribution in [2.45, 2.75) is 13.0 Å². The lowest BCUT2D eigenvalue weighted by molar-refractivity contribution is 0.0711. The Morgan fingerprint density at radius 2 is 1.95 bits per heavy atom. The van der Waals surface area contributed by atoms with Gasteiger partial charge in [0.1, 0.15) is 5.76 Å². The summed E-state index contributed by atoms with van der Waals surface area (Å²) in [7, 11) is 0. The van der Waals surface area contributed by atoms with Gasteiger partial charge in [-0.3, -0.25) is 14.8 Å². The summed E-state index contributed by atoms with van der Waals surface area (Å²) >= 11 is 0.998. The molecule has 0 aliphatic rings. The molecule has 0 aliphatic carbocycles. The molecule has 19 heavy (non-hydrogen) atoms. The first-order chi connectivity index (χ1) is 9.11. The molecule has 0 bridgehead atoms. The second-order valence-electron chi connectivity index (χ2n) is 3.82. The van der Waals surface area contributed by atoms with E-state index >= 15 is 0 Å². The van der Waals surface area contributed by atoms with Crippen LogP contribution in [0.1, 0.15) is 38.1 Å². The van der Waals surface area contributed by atoms with Gasteiger partial charge in [-0.25, -0.2) is 5.48 Å². The first-order valence-corrected chi connectivity index (χ1v) is 6.32. The largest absolute Gasteiger partial charge is 0.467 e. The van der Waals surface area contributed by atoms with Gasteiger partial charge in [-0.15, -0.1) is 11.3 Å². The standard InChI is InChI=1S/C12H12N2O4S/c1-7(8-3-2-6-18-8)13-11(15)9-4-5-10(19-9)12(16)14-17/h2-7,17H,1H3,(H,13,15)(H,14,16)/t7-/m1/s1. The molecule has 0 aliphatic heterocycles. The molecule has 100 valence electrons. The molecule has 2 amide bonds. The summed E-state index contributed by atoms with van der Waals surface area (Å²) in [6.07, 6.45) is 1.53. The quantitative estimate of drug-likeness (QED) is 0.589. The number of carbonyl (C=O) groups is 2. The van der Waals surface area contributed by atoms with Crippen molar-refractivity contribution in [1.82, 2.24) is 10.8 Å². The van der Waals surface area contributed by atoms with Gasteiger partial charge in [0.05, 0.1) is 22.1 Å². The van der Waals surface area contributed by atoms with Crippen LogP contribution in [0.4, 0.5) is 0 Å². The van der Waals surface area contributed by atoms with Crippen LogP contribution >= 0.6 is 11.3 Å². The van der Waals surface area contributed by atoms with Crippen molar-refractivity contribution in [3.05, 3.63) is 46.0 Å². The summed E-state index contributed by atoms with van der Waals surface area (Å²) < 4.78 is 5.18. The van der Waals surface area contributed by atoms with Crippen LogP contribution in [0.5, 0.6) is 0 Å². The van der Waals surface area contributed by atoms with Crippen molar-refractivity contribution >= 4 is 23.2 Å². The Hall–Kier alpha value is -2.12. The van der Waals surface area contributed by atoms with E-state index in [1.54, 1.807) is 19.1 Å². The lowest BCUT2D eigenvalue weighted by atomic mass is 10.2. The van der Waals surface area contributed by atoms with Gasteiger partial charge in [0, 0.05) is 0 Å². The van der Waals surface area contributed by atoms with Crippen LogP contribution in [-0.2, 0) is 0 Å². The number of carbonyl (C=O) groups excluding carboxylic acids is 2. The Labute approximate surface area is 113 Å². The predicted octanol–water partition coefficient (Wildman–Crippen LogP) is 1.95. The minimum atomic E-state index is -0.636. The first kappa shape index (κ1) is 13.3. The van der Waals surface area contributed by atoms with Crippen molar-refractivity contribution in [3.63, 3.8) is 0 Å². The van der Waals surface area contributed by atoms with Crippen LogP contribution in [0.2, 0.25) is 0 Å². The Morgan fingerprint density at radius 1 is 1.26 bits per heavy atom. The zero-order valence-corrected chi connectivity index (χ0v) is 10.9. The third kappa shape index (κ3) is 3.01. The molecule has 0 radical (unpaired) electrons. The maximum atomic E-state index is 11.9. The molecule has 0 spiro atoms. The third-order valence-electron chi connectivity index (χ3n) is 2.47.